The first kappa shape index (κ1) is 15.5. The summed E-state index contributed by atoms with van der Waals surface area (Å²) >= 11 is 0. The number of aliphatic carboxylic acids is 1. The first-order chi connectivity index (χ1) is 9.09. The van der Waals surface area contributed by atoms with Gasteiger partial charge in [0.1, 0.15) is 0 Å². The van der Waals surface area contributed by atoms with E-state index >= 15 is 0 Å². The smallest absolute Gasteiger partial charge is 0.317 e. The number of nitrogens with one attached hydrogen (secondary N) is 1. The fourth-order valence-electron chi connectivity index (χ4n) is 2.15. The number of hydrogen-bond acceptors (Lipinski definition) is 2. The number of nitrogens with zero attached hydrogens (tertiary/aromatic N) is 1. The van der Waals surface area contributed by atoms with Crippen molar-refractivity contribution in [1.82, 2.24) is 10.2 Å². The predicted molar refractivity (Wildman–Crippen MR) is 74.1 cm³/mol. The second-order valence-corrected chi connectivity index (χ2v) is 5.05. The molecule has 0 saturated heterocycles. The molecule has 0 fully saturated rings. The molecule has 0 aliphatic carbocycles. The standard InChI is InChI=1S/C14H24N2O3/c1-12-7-6-10-16(11-12)14(19)15-9-5-3-2-4-8-13(17)18/h7H,2-6,8-11H2,1H3,(H,15,19)(H,17,18). The van der Waals surface area contributed by atoms with Crippen molar-refractivity contribution in [3.05, 3.63) is 11.6 Å². The van der Waals surface area contributed by atoms with Crippen molar-refractivity contribution in [2.45, 2.75) is 45.4 Å². The van der Waals surface area contributed by atoms with Crippen molar-refractivity contribution in [2.24, 2.45) is 0 Å². The molecule has 5 nitrogen and oxygen atoms in total. The van der Waals surface area contributed by atoms with Gasteiger partial charge in [-0.3, -0.25) is 4.79 Å². The molecule has 1 aliphatic heterocycles. The van der Waals surface area contributed by atoms with Gasteiger partial charge in [0.05, 0.1) is 0 Å². The largest absolute Gasteiger partial charge is 0.481 e. The first-order valence-electron chi connectivity index (χ1n) is 7.00. The van der Waals surface area contributed by atoms with E-state index in [1.165, 1.54) is 5.57 Å². The summed E-state index contributed by atoms with van der Waals surface area (Å²) in [6, 6.07) is 0.0120. The van der Waals surface area contributed by atoms with Gasteiger partial charge < -0.3 is 15.3 Å². The molecule has 1 rings (SSSR count). The SMILES string of the molecule is CC1=CCCN(C(=O)NCCCCCCC(=O)O)C1. The minimum Gasteiger partial charge on any atom is -0.481 e. The second kappa shape index (κ2) is 8.56. The van der Waals surface area contributed by atoms with Gasteiger partial charge in [0, 0.05) is 26.1 Å². The Morgan fingerprint density at radius 3 is 2.74 bits per heavy atom. The summed E-state index contributed by atoms with van der Waals surface area (Å²) in [6.07, 6.45) is 6.86. The lowest BCUT2D eigenvalue weighted by molar-refractivity contribution is -0.137. The third-order valence-corrected chi connectivity index (χ3v) is 3.21. The van der Waals surface area contributed by atoms with Gasteiger partial charge in [-0.15, -0.1) is 0 Å². The quantitative estimate of drug-likeness (QED) is 0.550. The van der Waals surface area contributed by atoms with Gasteiger partial charge in [0.25, 0.3) is 0 Å². The highest BCUT2D eigenvalue weighted by molar-refractivity contribution is 5.74. The van der Waals surface area contributed by atoms with Gasteiger partial charge in [-0.25, -0.2) is 4.79 Å². The number of carbonyl (C=O) groups excluding carboxylic acids is 1. The molecule has 19 heavy (non-hydrogen) atoms. The van der Waals surface area contributed by atoms with Gasteiger partial charge in [0.2, 0.25) is 0 Å². The highest BCUT2D eigenvalue weighted by Gasteiger charge is 2.15. The molecule has 1 aliphatic rings. The Bertz CT molecular complexity index is 340. The minimum absolute atomic E-state index is 0.0120. The number of urea groups is 1. The van der Waals surface area contributed by atoms with Crippen LogP contribution in [0.2, 0.25) is 0 Å². The molecule has 0 spiro atoms. The molecule has 0 aromatic heterocycles. The average Bonchev–Trinajstić information content (AvgIpc) is 2.37. The molecule has 108 valence electrons. The van der Waals surface area contributed by atoms with Crippen LogP contribution in [0.25, 0.3) is 0 Å². The third kappa shape index (κ3) is 6.84. The normalized spacial score (nSPS) is 15.0. The summed E-state index contributed by atoms with van der Waals surface area (Å²) in [5, 5.41) is 11.4. The van der Waals surface area contributed by atoms with E-state index in [9.17, 15) is 9.59 Å². The van der Waals surface area contributed by atoms with E-state index in [1.807, 2.05) is 11.8 Å². The maximum absolute atomic E-state index is 11.8. The Balaban J connectivity index is 2.01. The van der Waals surface area contributed by atoms with Gasteiger partial charge in [-0.1, -0.05) is 24.5 Å². The van der Waals surface area contributed by atoms with Gasteiger partial charge in [-0.2, -0.15) is 0 Å². The van der Waals surface area contributed by atoms with Gasteiger partial charge >= 0.3 is 12.0 Å². The van der Waals surface area contributed by atoms with Crippen molar-refractivity contribution < 1.29 is 14.7 Å². The molecule has 0 radical (unpaired) electrons. The Hall–Kier alpha value is -1.52. The number of carboxylic acid groups (broad SMARTS) is 1. The summed E-state index contributed by atoms with van der Waals surface area (Å²) in [5.41, 5.74) is 1.25. The summed E-state index contributed by atoms with van der Waals surface area (Å²) in [5.74, 6) is -0.734. The average molecular weight is 268 g/mol. The van der Waals surface area contributed by atoms with Crippen LogP contribution in [0.5, 0.6) is 0 Å². The number of amides is 2. The zero-order chi connectivity index (χ0) is 14.1. The Kier molecular flexibility index (Phi) is 7.00. The molecule has 0 aromatic rings. The molecular weight excluding hydrogens is 244 g/mol. The lowest BCUT2D eigenvalue weighted by atomic mass is 10.1. The van der Waals surface area contributed by atoms with Crippen LogP contribution in [-0.2, 0) is 4.79 Å². The number of unbranched alkanes of at least 4 members (excludes halogenated alkanes) is 3. The summed E-state index contributed by atoms with van der Waals surface area (Å²) in [7, 11) is 0. The third-order valence-electron chi connectivity index (χ3n) is 3.21. The molecule has 2 amide bonds. The Morgan fingerprint density at radius 1 is 1.32 bits per heavy atom. The van der Waals surface area contributed by atoms with E-state index in [-0.39, 0.29) is 12.5 Å². The summed E-state index contributed by atoms with van der Waals surface area (Å²) in [6.45, 7) is 4.24. The van der Waals surface area contributed by atoms with Gasteiger partial charge in [-0.05, 0) is 26.2 Å². The molecule has 1 heterocycles. The highest BCUT2D eigenvalue weighted by Crippen LogP contribution is 2.08. The second-order valence-electron chi connectivity index (χ2n) is 5.05. The van der Waals surface area contributed by atoms with Crippen LogP contribution in [0.3, 0.4) is 0 Å². The van der Waals surface area contributed by atoms with E-state index in [2.05, 4.69) is 11.4 Å². The van der Waals surface area contributed by atoms with Crippen molar-refractivity contribution in [2.75, 3.05) is 19.6 Å². The lowest BCUT2D eigenvalue weighted by Gasteiger charge is -2.26. The first-order valence-corrected chi connectivity index (χ1v) is 7.00. The highest BCUT2D eigenvalue weighted by atomic mass is 16.4. The van der Waals surface area contributed by atoms with Crippen LogP contribution in [0, 0.1) is 0 Å². The molecular formula is C14H24N2O3. The van der Waals surface area contributed by atoms with E-state index in [4.69, 9.17) is 5.11 Å². The number of carboxylic acids is 1. The van der Waals surface area contributed by atoms with Crippen molar-refractivity contribution in [3.8, 4) is 0 Å². The number of hydrogen-bond donors (Lipinski definition) is 2. The zero-order valence-corrected chi connectivity index (χ0v) is 11.7. The minimum atomic E-state index is -0.734. The number of carbonyl (C=O) groups is 2. The molecule has 5 heteroatoms. The van der Waals surface area contributed by atoms with Crippen LogP contribution in [0.1, 0.15) is 45.4 Å². The maximum Gasteiger partial charge on any atom is 0.317 e. The molecule has 0 atom stereocenters. The van der Waals surface area contributed by atoms with Crippen LogP contribution in [0.15, 0.2) is 11.6 Å². The van der Waals surface area contributed by atoms with Crippen molar-refractivity contribution in [1.29, 1.82) is 0 Å². The Morgan fingerprint density at radius 2 is 2.05 bits per heavy atom. The van der Waals surface area contributed by atoms with Crippen LogP contribution < -0.4 is 5.32 Å². The molecule has 0 unspecified atom stereocenters. The van der Waals surface area contributed by atoms with Crippen molar-refractivity contribution in [3.63, 3.8) is 0 Å². The molecule has 0 saturated carbocycles. The van der Waals surface area contributed by atoms with Crippen LogP contribution >= 0.6 is 0 Å². The topological polar surface area (TPSA) is 69.6 Å². The van der Waals surface area contributed by atoms with Crippen LogP contribution in [0.4, 0.5) is 4.79 Å². The fraction of sp³-hybridized carbons (Fsp3) is 0.714. The van der Waals surface area contributed by atoms with E-state index in [0.717, 1.165) is 45.2 Å². The van der Waals surface area contributed by atoms with Crippen molar-refractivity contribution >= 4 is 12.0 Å². The summed E-state index contributed by atoms with van der Waals surface area (Å²) in [4.78, 5) is 24.0. The molecule has 0 bridgehead atoms. The monoisotopic (exact) mass is 268 g/mol. The fourth-order valence-corrected chi connectivity index (χ4v) is 2.15. The lowest BCUT2D eigenvalue weighted by Crippen LogP contribution is -2.42. The van der Waals surface area contributed by atoms with E-state index < -0.39 is 5.97 Å². The zero-order valence-electron chi connectivity index (χ0n) is 11.7. The maximum atomic E-state index is 11.8. The Labute approximate surface area is 114 Å². The molecule has 2 N–H and O–H groups in total. The van der Waals surface area contributed by atoms with Gasteiger partial charge in [0.15, 0.2) is 0 Å². The number of rotatable bonds is 7. The molecule has 0 aromatic carbocycles. The van der Waals surface area contributed by atoms with E-state index in [1.54, 1.807) is 0 Å². The van der Waals surface area contributed by atoms with Crippen LogP contribution in [-0.4, -0.2) is 41.6 Å². The predicted octanol–water partition coefficient (Wildman–Crippen LogP) is 2.38. The van der Waals surface area contributed by atoms with E-state index in [0.29, 0.717) is 6.54 Å². The summed E-state index contributed by atoms with van der Waals surface area (Å²) < 4.78 is 0.